The van der Waals surface area contributed by atoms with Crippen LogP contribution in [0.5, 0.6) is 0 Å². The Hall–Kier alpha value is -2.00. The Kier molecular flexibility index (Phi) is 5.49. The van der Waals surface area contributed by atoms with Crippen molar-refractivity contribution in [2.75, 3.05) is 6.61 Å². The lowest BCUT2D eigenvalue weighted by atomic mass is 9.84. The Labute approximate surface area is 178 Å². The molecule has 3 fully saturated rings. The van der Waals surface area contributed by atoms with Crippen LogP contribution in [0, 0.1) is 29.4 Å². The zero-order valence-electron chi connectivity index (χ0n) is 17.6. The summed E-state index contributed by atoms with van der Waals surface area (Å²) in [6.45, 7) is 2.70. The van der Waals surface area contributed by atoms with Crippen LogP contribution in [0.15, 0.2) is 48.6 Å². The van der Waals surface area contributed by atoms with Gasteiger partial charge in [0.15, 0.2) is 11.6 Å². The molecule has 0 bridgehead atoms. The summed E-state index contributed by atoms with van der Waals surface area (Å²) in [4.78, 5) is 0. The third-order valence-corrected chi connectivity index (χ3v) is 7.54. The van der Waals surface area contributed by atoms with E-state index >= 15 is 0 Å². The van der Waals surface area contributed by atoms with Crippen LogP contribution in [0.3, 0.4) is 0 Å². The average Bonchev–Trinajstić information content (AvgIpc) is 3.39. The van der Waals surface area contributed by atoms with E-state index in [1.54, 1.807) is 12.1 Å². The molecule has 1 saturated heterocycles. The molecular formula is C27H30F2O. The number of hydrogen-bond acceptors (Lipinski definition) is 1. The lowest BCUT2D eigenvalue weighted by Gasteiger charge is -2.20. The highest BCUT2D eigenvalue weighted by atomic mass is 19.2. The van der Waals surface area contributed by atoms with Crippen molar-refractivity contribution in [1.29, 1.82) is 0 Å². The van der Waals surface area contributed by atoms with Gasteiger partial charge in [0.2, 0.25) is 0 Å². The maximum absolute atomic E-state index is 14.6. The number of benzene rings is 2. The van der Waals surface area contributed by atoms with Crippen molar-refractivity contribution in [2.24, 2.45) is 17.8 Å². The van der Waals surface area contributed by atoms with Gasteiger partial charge in [-0.3, -0.25) is 0 Å². The fraction of sp³-hybridized carbons (Fsp3) is 0.481. The molecule has 5 rings (SSSR count). The molecule has 3 aliphatic rings. The fourth-order valence-corrected chi connectivity index (χ4v) is 5.91. The van der Waals surface area contributed by atoms with Crippen LogP contribution in [0.2, 0.25) is 0 Å². The number of unbranched alkanes of at least 4 members (excludes halogenated alkanes) is 1. The maximum Gasteiger partial charge on any atom is 0.167 e. The van der Waals surface area contributed by atoms with Crippen molar-refractivity contribution in [2.45, 2.75) is 57.5 Å². The molecular weight excluding hydrogens is 378 g/mol. The molecule has 30 heavy (non-hydrogen) atoms. The van der Waals surface area contributed by atoms with E-state index in [2.05, 4.69) is 31.2 Å². The van der Waals surface area contributed by atoms with Gasteiger partial charge in [-0.25, -0.2) is 8.78 Å². The number of epoxide rings is 1. The first-order valence-electron chi connectivity index (χ1n) is 11.5. The van der Waals surface area contributed by atoms with Gasteiger partial charge in [-0.15, -0.1) is 0 Å². The number of rotatable bonds is 6. The normalized spacial score (nSPS) is 30.2. The second-order valence-corrected chi connectivity index (χ2v) is 9.24. The summed E-state index contributed by atoms with van der Waals surface area (Å²) in [5.41, 5.74) is 2.75. The van der Waals surface area contributed by atoms with Gasteiger partial charge < -0.3 is 4.74 Å². The minimum Gasteiger partial charge on any atom is -0.368 e. The SMILES string of the molecule is CCC/C=C/C1CCC2C(c3ccc(-c4ccc(C5CO5)c(F)c4F)cc3)CCC12. The van der Waals surface area contributed by atoms with E-state index in [-0.39, 0.29) is 6.10 Å². The fourth-order valence-electron chi connectivity index (χ4n) is 5.91. The van der Waals surface area contributed by atoms with Crippen LogP contribution < -0.4 is 0 Å². The van der Waals surface area contributed by atoms with Crippen molar-refractivity contribution >= 4 is 0 Å². The van der Waals surface area contributed by atoms with E-state index in [9.17, 15) is 8.78 Å². The summed E-state index contributed by atoms with van der Waals surface area (Å²) in [6.07, 6.45) is 12.1. The lowest BCUT2D eigenvalue weighted by Crippen LogP contribution is -2.11. The molecule has 0 aromatic heterocycles. The Morgan fingerprint density at radius 2 is 1.70 bits per heavy atom. The highest BCUT2D eigenvalue weighted by molar-refractivity contribution is 5.65. The van der Waals surface area contributed by atoms with Crippen molar-refractivity contribution in [3.8, 4) is 11.1 Å². The Bertz CT molecular complexity index is 929. The van der Waals surface area contributed by atoms with Gasteiger partial charge in [0.1, 0.15) is 6.10 Å². The van der Waals surface area contributed by atoms with Gasteiger partial charge in [0, 0.05) is 11.1 Å². The van der Waals surface area contributed by atoms with Gasteiger partial charge in [-0.2, -0.15) is 0 Å². The molecule has 1 aliphatic heterocycles. The summed E-state index contributed by atoms with van der Waals surface area (Å²) >= 11 is 0. The molecule has 2 aromatic carbocycles. The first-order valence-corrected chi connectivity index (χ1v) is 11.5. The van der Waals surface area contributed by atoms with E-state index in [4.69, 9.17) is 4.74 Å². The summed E-state index contributed by atoms with van der Waals surface area (Å²) in [7, 11) is 0. The van der Waals surface area contributed by atoms with Gasteiger partial charge in [-0.05, 0) is 66.9 Å². The Balaban J connectivity index is 1.32. The van der Waals surface area contributed by atoms with E-state index in [0.717, 1.165) is 23.3 Å². The minimum atomic E-state index is -0.772. The van der Waals surface area contributed by atoms with Crippen LogP contribution >= 0.6 is 0 Å². The second-order valence-electron chi connectivity index (χ2n) is 9.24. The van der Waals surface area contributed by atoms with Crippen LogP contribution in [0.4, 0.5) is 8.78 Å². The van der Waals surface area contributed by atoms with Crippen molar-refractivity contribution in [3.05, 3.63) is 71.3 Å². The van der Waals surface area contributed by atoms with E-state index in [0.29, 0.717) is 23.7 Å². The van der Waals surface area contributed by atoms with Crippen molar-refractivity contribution in [3.63, 3.8) is 0 Å². The van der Waals surface area contributed by atoms with Crippen molar-refractivity contribution < 1.29 is 13.5 Å². The molecule has 5 atom stereocenters. The molecule has 0 spiro atoms. The number of ether oxygens (including phenoxy) is 1. The summed E-state index contributed by atoms with van der Waals surface area (Å²) in [5, 5.41) is 0. The zero-order valence-corrected chi connectivity index (χ0v) is 17.6. The standard InChI is InChI=1S/C27H30F2O/c1-2-3-4-5-17-10-11-23-20(17)12-13-21(23)18-6-8-19(9-7-18)22-14-15-24(25-16-30-25)27(29)26(22)28/h4-9,14-15,17,20-21,23,25H,2-3,10-13,16H2,1H3/b5-4+. The Morgan fingerprint density at radius 1 is 0.933 bits per heavy atom. The smallest absolute Gasteiger partial charge is 0.167 e. The van der Waals surface area contributed by atoms with E-state index in [1.165, 1.54) is 44.1 Å². The molecule has 0 amide bonds. The van der Waals surface area contributed by atoms with Gasteiger partial charge >= 0.3 is 0 Å². The van der Waals surface area contributed by atoms with Crippen molar-refractivity contribution in [1.82, 2.24) is 0 Å². The molecule has 0 N–H and O–H groups in total. The third kappa shape index (κ3) is 3.62. The second kappa shape index (κ2) is 8.26. The largest absolute Gasteiger partial charge is 0.368 e. The molecule has 1 heterocycles. The monoisotopic (exact) mass is 408 g/mol. The zero-order chi connectivity index (χ0) is 20.7. The quantitative estimate of drug-likeness (QED) is 0.354. The van der Waals surface area contributed by atoms with Gasteiger partial charge in [-0.1, -0.05) is 61.9 Å². The molecule has 1 nitrogen and oxygen atoms in total. The molecule has 2 aliphatic carbocycles. The summed E-state index contributed by atoms with van der Waals surface area (Å²) in [5.74, 6) is 1.38. The van der Waals surface area contributed by atoms with Gasteiger partial charge in [0.05, 0.1) is 6.61 Å². The first kappa shape index (κ1) is 19.9. The molecule has 5 unspecified atom stereocenters. The van der Waals surface area contributed by atoms with Crippen LogP contribution in [-0.2, 0) is 4.74 Å². The minimum absolute atomic E-state index is 0.279. The van der Waals surface area contributed by atoms with E-state index in [1.807, 2.05) is 12.1 Å². The number of allylic oxidation sites excluding steroid dienone is 2. The highest BCUT2D eigenvalue weighted by Crippen LogP contribution is 2.55. The van der Waals surface area contributed by atoms with Gasteiger partial charge in [0.25, 0.3) is 0 Å². The first-order chi connectivity index (χ1) is 14.7. The summed E-state index contributed by atoms with van der Waals surface area (Å²) < 4.78 is 34.2. The molecule has 2 aromatic rings. The van der Waals surface area contributed by atoms with E-state index < -0.39 is 11.6 Å². The molecule has 3 heteroatoms. The predicted octanol–water partition coefficient (Wildman–Crippen LogP) is 7.58. The lowest BCUT2D eigenvalue weighted by molar-refractivity contribution is 0.384. The van der Waals surface area contributed by atoms with Crippen LogP contribution in [-0.4, -0.2) is 6.61 Å². The van der Waals surface area contributed by atoms with Crippen LogP contribution in [0.1, 0.15) is 68.6 Å². The van der Waals surface area contributed by atoms with Crippen LogP contribution in [0.25, 0.3) is 11.1 Å². The average molecular weight is 409 g/mol. The topological polar surface area (TPSA) is 12.5 Å². The number of halogens is 2. The number of hydrogen-bond donors (Lipinski definition) is 0. The maximum atomic E-state index is 14.6. The Morgan fingerprint density at radius 3 is 2.43 bits per heavy atom. The predicted molar refractivity (Wildman–Crippen MR) is 116 cm³/mol. The molecule has 2 saturated carbocycles. The molecule has 0 radical (unpaired) electrons. The highest BCUT2D eigenvalue weighted by Gasteiger charge is 2.44. The third-order valence-electron chi connectivity index (χ3n) is 7.54. The molecule has 158 valence electrons. The summed E-state index contributed by atoms with van der Waals surface area (Å²) in [6, 6.07) is 11.5. The number of fused-ring (bicyclic) bond motifs is 1.